The summed E-state index contributed by atoms with van der Waals surface area (Å²) < 4.78 is 11.1. The summed E-state index contributed by atoms with van der Waals surface area (Å²) in [6.07, 6.45) is 0.549. The summed E-state index contributed by atoms with van der Waals surface area (Å²) in [5.41, 5.74) is 4.24. The van der Waals surface area contributed by atoms with Crippen LogP contribution in [0.4, 0.5) is 5.69 Å². The Morgan fingerprint density at radius 3 is 2.62 bits per heavy atom. The van der Waals surface area contributed by atoms with Crippen LogP contribution in [0, 0.1) is 12.8 Å². The van der Waals surface area contributed by atoms with Crippen molar-refractivity contribution in [2.45, 2.75) is 19.9 Å². The highest BCUT2D eigenvalue weighted by Crippen LogP contribution is 2.30. The van der Waals surface area contributed by atoms with Crippen molar-refractivity contribution in [2.75, 3.05) is 19.0 Å². The number of fused-ring (bicyclic) bond motifs is 1. The van der Waals surface area contributed by atoms with Crippen LogP contribution in [0.1, 0.15) is 27.0 Å². The molecule has 0 aromatic heterocycles. The van der Waals surface area contributed by atoms with Crippen LogP contribution < -0.4 is 20.1 Å². The lowest BCUT2D eigenvalue weighted by Gasteiger charge is -2.25. The first kappa shape index (κ1) is 21.4. The second-order valence-corrected chi connectivity index (χ2v) is 7.89. The predicted molar refractivity (Wildman–Crippen MR) is 123 cm³/mol. The average molecular weight is 431 g/mol. The molecule has 6 heteroatoms. The lowest BCUT2D eigenvalue weighted by molar-refractivity contribution is -0.126. The van der Waals surface area contributed by atoms with Crippen LogP contribution in [-0.2, 0) is 17.8 Å². The molecule has 1 heterocycles. The van der Waals surface area contributed by atoms with E-state index in [0.29, 0.717) is 36.6 Å². The van der Waals surface area contributed by atoms with Crippen molar-refractivity contribution < 1.29 is 19.1 Å². The molecule has 1 aliphatic heterocycles. The Hall–Kier alpha value is -3.80. The molecule has 2 N–H and O–H groups in total. The molecule has 1 atom stereocenters. The minimum Gasteiger partial charge on any atom is -0.496 e. The molecule has 0 saturated heterocycles. The summed E-state index contributed by atoms with van der Waals surface area (Å²) in [6.45, 7) is 2.85. The highest BCUT2D eigenvalue weighted by Gasteiger charge is 2.26. The fraction of sp³-hybridized carbons (Fsp3) is 0.231. The molecule has 1 aliphatic rings. The maximum absolute atomic E-state index is 12.7. The molecule has 0 bridgehead atoms. The van der Waals surface area contributed by atoms with Crippen LogP contribution in [0.3, 0.4) is 0 Å². The average Bonchev–Trinajstić information content (AvgIpc) is 2.83. The van der Waals surface area contributed by atoms with Crippen LogP contribution in [0.25, 0.3) is 0 Å². The smallest absolute Gasteiger partial charge is 0.259 e. The highest BCUT2D eigenvalue weighted by atomic mass is 16.5. The summed E-state index contributed by atoms with van der Waals surface area (Å²) in [4.78, 5) is 25.4. The number of ether oxygens (including phenoxy) is 2. The Balaban J connectivity index is 1.40. The van der Waals surface area contributed by atoms with E-state index >= 15 is 0 Å². The number of aryl methyl sites for hydroxylation is 1. The zero-order valence-corrected chi connectivity index (χ0v) is 18.2. The van der Waals surface area contributed by atoms with Crippen molar-refractivity contribution in [1.29, 1.82) is 0 Å². The molecule has 0 aliphatic carbocycles. The van der Waals surface area contributed by atoms with Gasteiger partial charge in [0.25, 0.3) is 5.91 Å². The van der Waals surface area contributed by atoms with E-state index in [1.807, 2.05) is 49.4 Å². The predicted octanol–water partition coefficient (Wildman–Crippen LogP) is 4.12. The lowest BCUT2D eigenvalue weighted by Crippen LogP contribution is -2.37. The number of methoxy groups -OCH3 is 1. The van der Waals surface area contributed by atoms with Crippen molar-refractivity contribution in [3.05, 3.63) is 89.0 Å². The first-order valence-electron chi connectivity index (χ1n) is 10.6. The number of para-hydroxylation sites is 1. The first-order chi connectivity index (χ1) is 15.5. The van der Waals surface area contributed by atoms with Gasteiger partial charge in [-0.2, -0.15) is 0 Å². The normalized spacial score (nSPS) is 14.6. The molecular weight excluding hydrogens is 404 g/mol. The molecule has 164 valence electrons. The summed E-state index contributed by atoms with van der Waals surface area (Å²) in [7, 11) is 1.53. The zero-order chi connectivity index (χ0) is 22.5. The quantitative estimate of drug-likeness (QED) is 0.617. The maximum atomic E-state index is 12.7. The van der Waals surface area contributed by atoms with E-state index in [1.54, 1.807) is 24.3 Å². The molecule has 0 saturated carbocycles. The van der Waals surface area contributed by atoms with Gasteiger partial charge < -0.3 is 20.1 Å². The minimum absolute atomic E-state index is 0.0420. The molecule has 3 aromatic carbocycles. The van der Waals surface area contributed by atoms with Gasteiger partial charge in [0.1, 0.15) is 18.1 Å². The fourth-order valence-electron chi connectivity index (χ4n) is 3.71. The maximum Gasteiger partial charge on any atom is 0.259 e. The molecular formula is C26H26N2O4. The Bertz CT molecular complexity index is 1120. The monoisotopic (exact) mass is 430 g/mol. The molecule has 6 nitrogen and oxygen atoms in total. The molecule has 2 amide bonds. The van der Waals surface area contributed by atoms with Gasteiger partial charge >= 0.3 is 0 Å². The van der Waals surface area contributed by atoms with Crippen LogP contribution in [0.2, 0.25) is 0 Å². The van der Waals surface area contributed by atoms with Crippen LogP contribution in [0.15, 0.2) is 66.7 Å². The number of benzene rings is 3. The third-order valence-corrected chi connectivity index (χ3v) is 5.53. The van der Waals surface area contributed by atoms with Crippen molar-refractivity contribution >= 4 is 17.5 Å². The van der Waals surface area contributed by atoms with Gasteiger partial charge in [0.15, 0.2) is 0 Å². The summed E-state index contributed by atoms with van der Waals surface area (Å²) in [5, 5.41) is 5.90. The molecule has 1 unspecified atom stereocenters. The number of hydrogen-bond acceptors (Lipinski definition) is 4. The number of hydrogen-bond donors (Lipinski definition) is 2. The van der Waals surface area contributed by atoms with E-state index in [1.165, 1.54) is 12.7 Å². The second-order valence-electron chi connectivity index (χ2n) is 7.89. The summed E-state index contributed by atoms with van der Waals surface area (Å²) >= 11 is 0. The fourth-order valence-corrected chi connectivity index (χ4v) is 3.71. The Kier molecular flexibility index (Phi) is 6.40. The Morgan fingerprint density at radius 2 is 1.84 bits per heavy atom. The second kappa shape index (κ2) is 9.56. The topological polar surface area (TPSA) is 76.7 Å². The Morgan fingerprint density at radius 1 is 1.06 bits per heavy atom. The van der Waals surface area contributed by atoms with Gasteiger partial charge in [-0.3, -0.25) is 9.59 Å². The van der Waals surface area contributed by atoms with E-state index in [2.05, 4.69) is 10.6 Å². The standard InChI is InChI=1S/C26H26N2O4/c1-17-7-9-18(10-8-17)15-27-25(29)20-13-19-14-21(11-12-23(19)32-16-20)28-26(30)22-5-3-4-6-24(22)31-2/h3-12,14,20H,13,15-16H2,1-2H3,(H,27,29)(H,28,30). The molecule has 32 heavy (non-hydrogen) atoms. The van der Waals surface area contributed by atoms with Gasteiger partial charge in [-0.25, -0.2) is 0 Å². The van der Waals surface area contributed by atoms with Crippen molar-refractivity contribution in [3.63, 3.8) is 0 Å². The van der Waals surface area contributed by atoms with Crippen molar-refractivity contribution in [3.8, 4) is 11.5 Å². The molecule has 0 radical (unpaired) electrons. The van der Waals surface area contributed by atoms with Gasteiger partial charge in [0.05, 0.1) is 18.6 Å². The first-order valence-corrected chi connectivity index (χ1v) is 10.6. The minimum atomic E-state index is -0.284. The Labute approximate surface area is 187 Å². The van der Waals surface area contributed by atoms with Crippen molar-refractivity contribution in [1.82, 2.24) is 5.32 Å². The van der Waals surface area contributed by atoms with E-state index in [4.69, 9.17) is 9.47 Å². The number of anilines is 1. The number of rotatable bonds is 6. The van der Waals surface area contributed by atoms with Gasteiger partial charge in [0.2, 0.25) is 5.91 Å². The number of carbonyl (C=O) groups excluding carboxylic acids is 2. The summed E-state index contributed by atoms with van der Waals surface area (Å²) in [5.74, 6) is 0.666. The van der Waals surface area contributed by atoms with Crippen molar-refractivity contribution in [2.24, 2.45) is 5.92 Å². The SMILES string of the molecule is COc1ccccc1C(=O)Nc1ccc2c(c1)CC(C(=O)NCc1ccc(C)cc1)CO2. The highest BCUT2D eigenvalue weighted by molar-refractivity contribution is 6.06. The van der Waals surface area contributed by atoms with E-state index in [0.717, 1.165) is 16.9 Å². The lowest BCUT2D eigenvalue weighted by atomic mass is 9.95. The molecule has 4 rings (SSSR count). The molecule has 0 spiro atoms. The van der Waals surface area contributed by atoms with E-state index < -0.39 is 0 Å². The largest absolute Gasteiger partial charge is 0.496 e. The van der Waals surface area contributed by atoms with Crippen LogP contribution in [-0.4, -0.2) is 25.5 Å². The third kappa shape index (κ3) is 4.91. The van der Waals surface area contributed by atoms with E-state index in [9.17, 15) is 9.59 Å². The summed E-state index contributed by atoms with van der Waals surface area (Å²) in [6, 6.07) is 20.6. The van der Waals surface area contributed by atoms with Gasteiger partial charge in [-0.1, -0.05) is 42.0 Å². The van der Waals surface area contributed by atoms with Crippen LogP contribution in [0.5, 0.6) is 11.5 Å². The molecule has 3 aromatic rings. The van der Waals surface area contributed by atoms with Gasteiger partial charge in [0, 0.05) is 12.2 Å². The number of carbonyl (C=O) groups is 2. The number of nitrogens with one attached hydrogen (secondary N) is 2. The molecule has 0 fully saturated rings. The third-order valence-electron chi connectivity index (χ3n) is 5.53. The zero-order valence-electron chi connectivity index (χ0n) is 18.2. The van der Waals surface area contributed by atoms with E-state index in [-0.39, 0.29) is 17.7 Å². The number of amides is 2. The van der Waals surface area contributed by atoms with Gasteiger partial charge in [-0.15, -0.1) is 0 Å². The van der Waals surface area contributed by atoms with Gasteiger partial charge in [-0.05, 0) is 54.8 Å². The van der Waals surface area contributed by atoms with Crippen LogP contribution >= 0.6 is 0 Å².